The molecule has 2 rings (SSSR count). The molecule has 7 heteroatoms. The fourth-order valence-electron chi connectivity index (χ4n) is 2.04. The van der Waals surface area contributed by atoms with Gasteiger partial charge in [-0.1, -0.05) is 60.7 Å². The van der Waals surface area contributed by atoms with Gasteiger partial charge in [0, 0.05) is 6.54 Å². The first kappa shape index (κ1) is 20.3. The molecule has 0 bridgehead atoms. The highest BCUT2D eigenvalue weighted by Crippen LogP contribution is 2.02. The molecule has 144 valence electrons. The van der Waals surface area contributed by atoms with Crippen LogP contribution >= 0.6 is 0 Å². The lowest BCUT2D eigenvalue weighted by Gasteiger charge is -2.08. The molecule has 0 aliphatic carbocycles. The number of hydrogen-bond donors (Lipinski definition) is 1. The standard InChI is InChI=1S/C20H23NO6/c22-19(26-15-17-7-3-1-4-8-17)21-11-12-24-13-14-25-20(23)27-16-18-9-5-2-6-10-18/h1-10H,11-16H2,(H,21,22). The summed E-state index contributed by atoms with van der Waals surface area (Å²) in [7, 11) is 0. The van der Waals surface area contributed by atoms with Gasteiger partial charge in [0.2, 0.25) is 0 Å². The van der Waals surface area contributed by atoms with Crippen LogP contribution in [0.3, 0.4) is 0 Å². The minimum Gasteiger partial charge on any atom is -0.445 e. The van der Waals surface area contributed by atoms with Crippen LogP contribution in [0.2, 0.25) is 0 Å². The quantitative estimate of drug-likeness (QED) is 0.508. The van der Waals surface area contributed by atoms with Crippen LogP contribution in [0.15, 0.2) is 60.7 Å². The Morgan fingerprint density at radius 3 is 1.93 bits per heavy atom. The molecule has 0 heterocycles. The summed E-state index contributed by atoms with van der Waals surface area (Å²) in [5, 5.41) is 2.57. The van der Waals surface area contributed by atoms with Crippen LogP contribution < -0.4 is 5.32 Å². The summed E-state index contributed by atoms with van der Waals surface area (Å²) in [6.07, 6.45) is -1.26. The second kappa shape index (κ2) is 12.3. The van der Waals surface area contributed by atoms with Gasteiger partial charge in [0.15, 0.2) is 0 Å². The summed E-state index contributed by atoms with van der Waals surface area (Å²) in [5.74, 6) is 0. The van der Waals surface area contributed by atoms with Gasteiger partial charge in [-0.25, -0.2) is 9.59 Å². The van der Waals surface area contributed by atoms with Crippen molar-refractivity contribution in [2.45, 2.75) is 13.2 Å². The average molecular weight is 373 g/mol. The third-order valence-electron chi connectivity index (χ3n) is 3.38. The largest absolute Gasteiger partial charge is 0.508 e. The second-order valence-electron chi connectivity index (χ2n) is 5.47. The highest BCUT2D eigenvalue weighted by Gasteiger charge is 2.04. The summed E-state index contributed by atoms with van der Waals surface area (Å²) in [6.45, 7) is 1.24. The number of carbonyl (C=O) groups is 2. The lowest BCUT2D eigenvalue weighted by atomic mass is 10.2. The zero-order valence-electron chi connectivity index (χ0n) is 15.0. The van der Waals surface area contributed by atoms with Gasteiger partial charge in [-0.3, -0.25) is 0 Å². The van der Waals surface area contributed by atoms with Crippen molar-refractivity contribution in [3.05, 3.63) is 71.8 Å². The van der Waals surface area contributed by atoms with Crippen molar-refractivity contribution in [1.82, 2.24) is 5.32 Å². The van der Waals surface area contributed by atoms with Crippen LogP contribution in [0.1, 0.15) is 11.1 Å². The second-order valence-corrected chi connectivity index (χ2v) is 5.47. The lowest BCUT2D eigenvalue weighted by molar-refractivity contribution is 0.0240. The minimum absolute atomic E-state index is 0.0755. The monoisotopic (exact) mass is 373 g/mol. The summed E-state index contributed by atoms with van der Waals surface area (Å²) >= 11 is 0. The number of alkyl carbamates (subject to hydrolysis) is 1. The molecule has 0 saturated carbocycles. The Hall–Kier alpha value is -3.06. The van der Waals surface area contributed by atoms with Gasteiger partial charge in [0.05, 0.1) is 13.2 Å². The van der Waals surface area contributed by atoms with E-state index in [4.69, 9.17) is 18.9 Å². The maximum atomic E-state index is 11.5. The van der Waals surface area contributed by atoms with Crippen molar-refractivity contribution in [1.29, 1.82) is 0 Å². The molecule has 0 aromatic heterocycles. The lowest BCUT2D eigenvalue weighted by Crippen LogP contribution is -2.28. The third kappa shape index (κ3) is 9.27. The zero-order chi connectivity index (χ0) is 19.2. The molecule has 1 N–H and O–H groups in total. The molecule has 0 aliphatic heterocycles. The van der Waals surface area contributed by atoms with E-state index in [2.05, 4.69) is 5.32 Å². The van der Waals surface area contributed by atoms with E-state index in [1.807, 2.05) is 60.7 Å². The molecular formula is C20H23NO6. The summed E-state index contributed by atoms with van der Waals surface area (Å²) in [4.78, 5) is 22.9. The van der Waals surface area contributed by atoms with Crippen LogP contribution in [-0.2, 0) is 32.2 Å². The maximum absolute atomic E-state index is 11.5. The summed E-state index contributed by atoms with van der Waals surface area (Å²) in [5.41, 5.74) is 1.80. The van der Waals surface area contributed by atoms with E-state index in [1.165, 1.54) is 0 Å². The van der Waals surface area contributed by atoms with E-state index in [0.29, 0.717) is 6.54 Å². The SMILES string of the molecule is O=C(NCCOCCOC(=O)OCc1ccccc1)OCc1ccccc1. The first-order chi connectivity index (χ1) is 13.2. The molecule has 0 aliphatic rings. The predicted molar refractivity (Wildman–Crippen MR) is 98.0 cm³/mol. The topological polar surface area (TPSA) is 83.1 Å². The molecule has 0 atom stereocenters. The molecule has 0 fully saturated rings. The van der Waals surface area contributed by atoms with Gasteiger partial charge in [0.25, 0.3) is 0 Å². The number of carbonyl (C=O) groups excluding carboxylic acids is 2. The van der Waals surface area contributed by atoms with Crippen molar-refractivity contribution in [3.8, 4) is 0 Å². The average Bonchev–Trinajstić information content (AvgIpc) is 2.71. The highest BCUT2D eigenvalue weighted by atomic mass is 16.7. The van der Waals surface area contributed by atoms with Crippen LogP contribution in [0.25, 0.3) is 0 Å². The van der Waals surface area contributed by atoms with Crippen molar-refractivity contribution in [2.75, 3.05) is 26.4 Å². The van der Waals surface area contributed by atoms with Crippen LogP contribution in [0, 0.1) is 0 Å². The molecule has 0 saturated heterocycles. The van der Waals surface area contributed by atoms with E-state index in [9.17, 15) is 9.59 Å². The van der Waals surface area contributed by atoms with Gasteiger partial charge >= 0.3 is 12.2 Å². The van der Waals surface area contributed by atoms with E-state index in [0.717, 1.165) is 11.1 Å². The fraction of sp³-hybridized carbons (Fsp3) is 0.300. The first-order valence-corrected chi connectivity index (χ1v) is 8.60. The number of benzene rings is 2. The molecular weight excluding hydrogens is 350 g/mol. The first-order valence-electron chi connectivity index (χ1n) is 8.60. The Labute approximate surface area is 158 Å². The van der Waals surface area contributed by atoms with Gasteiger partial charge in [-0.05, 0) is 11.1 Å². The number of hydrogen-bond acceptors (Lipinski definition) is 6. The van der Waals surface area contributed by atoms with E-state index >= 15 is 0 Å². The third-order valence-corrected chi connectivity index (χ3v) is 3.38. The van der Waals surface area contributed by atoms with Gasteiger partial charge < -0.3 is 24.3 Å². The van der Waals surface area contributed by atoms with E-state index in [1.54, 1.807) is 0 Å². The van der Waals surface area contributed by atoms with E-state index < -0.39 is 12.2 Å². The van der Waals surface area contributed by atoms with Crippen molar-refractivity contribution >= 4 is 12.2 Å². The van der Waals surface area contributed by atoms with Crippen molar-refractivity contribution in [2.24, 2.45) is 0 Å². The summed E-state index contributed by atoms with van der Waals surface area (Å²) in [6, 6.07) is 18.7. The van der Waals surface area contributed by atoms with Crippen LogP contribution in [0.5, 0.6) is 0 Å². The summed E-state index contributed by atoms with van der Waals surface area (Å²) < 4.78 is 20.2. The number of rotatable bonds is 10. The molecule has 7 nitrogen and oxygen atoms in total. The van der Waals surface area contributed by atoms with Gasteiger partial charge in [-0.15, -0.1) is 0 Å². The van der Waals surface area contributed by atoms with Gasteiger partial charge in [-0.2, -0.15) is 0 Å². The van der Waals surface area contributed by atoms with Crippen molar-refractivity contribution < 1.29 is 28.5 Å². The normalized spacial score (nSPS) is 10.1. The molecule has 1 amide bonds. The van der Waals surface area contributed by atoms with Crippen LogP contribution in [-0.4, -0.2) is 38.6 Å². The predicted octanol–water partition coefficient (Wildman–Crippen LogP) is 3.28. The smallest absolute Gasteiger partial charge is 0.445 e. The number of nitrogens with one attached hydrogen (secondary N) is 1. The van der Waals surface area contributed by atoms with Crippen LogP contribution in [0.4, 0.5) is 9.59 Å². The fourth-order valence-corrected chi connectivity index (χ4v) is 2.04. The Morgan fingerprint density at radius 2 is 1.30 bits per heavy atom. The van der Waals surface area contributed by atoms with Crippen molar-refractivity contribution in [3.63, 3.8) is 0 Å². The molecule has 0 radical (unpaired) electrons. The molecule has 2 aromatic carbocycles. The van der Waals surface area contributed by atoms with E-state index in [-0.39, 0.29) is 33.0 Å². The number of amides is 1. The Balaban J connectivity index is 1.41. The Morgan fingerprint density at radius 1 is 0.704 bits per heavy atom. The minimum atomic E-state index is -0.745. The molecule has 0 unspecified atom stereocenters. The Bertz CT molecular complexity index is 618. The molecule has 27 heavy (non-hydrogen) atoms. The van der Waals surface area contributed by atoms with Gasteiger partial charge in [0.1, 0.15) is 19.8 Å². The molecule has 2 aromatic rings. The Kier molecular flexibility index (Phi) is 9.24. The molecule has 0 spiro atoms. The maximum Gasteiger partial charge on any atom is 0.508 e. The zero-order valence-corrected chi connectivity index (χ0v) is 15.0. The number of ether oxygens (including phenoxy) is 4. The highest BCUT2D eigenvalue weighted by molar-refractivity contribution is 5.67.